The van der Waals surface area contributed by atoms with Crippen LogP contribution in [0.4, 0.5) is 0 Å². The van der Waals surface area contributed by atoms with Crippen LogP contribution in [0, 0.1) is 0 Å². The van der Waals surface area contributed by atoms with Crippen molar-refractivity contribution >= 4 is 5.91 Å². The first kappa shape index (κ1) is 10.4. The molecule has 5 heteroatoms. The van der Waals surface area contributed by atoms with Crippen molar-refractivity contribution in [3.8, 4) is 0 Å². The third kappa shape index (κ3) is 3.71. The number of nitrogens with two attached hydrogens (primary N) is 1. The van der Waals surface area contributed by atoms with Gasteiger partial charge in [0.25, 0.3) is 0 Å². The van der Waals surface area contributed by atoms with E-state index in [9.17, 15) is 9.90 Å². The Hall–Kier alpha value is -0.650. The summed E-state index contributed by atoms with van der Waals surface area (Å²) in [7, 11) is 0. The summed E-state index contributed by atoms with van der Waals surface area (Å²) < 4.78 is 0. The lowest BCUT2D eigenvalue weighted by Crippen LogP contribution is -2.40. The smallest absolute Gasteiger partial charge is 0.248 e. The molecule has 1 fully saturated rings. The van der Waals surface area contributed by atoms with Crippen LogP contribution in [-0.2, 0) is 4.79 Å². The van der Waals surface area contributed by atoms with Gasteiger partial charge in [-0.2, -0.15) is 0 Å². The van der Waals surface area contributed by atoms with Crippen LogP contribution in [0.3, 0.4) is 0 Å². The number of nitrogens with one attached hydrogen (secondary N) is 1. The summed E-state index contributed by atoms with van der Waals surface area (Å²) in [6, 6.07) is 0. The summed E-state index contributed by atoms with van der Waals surface area (Å²) in [5.74, 6) is 4.81. The maximum Gasteiger partial charge on any atom is 0.248 e. The third-order valence-corrected chi connectivity index (χ3v) is 2.32. The zero-order valence-electron chi connectivity index (χ0n) is 7.70. The monoisotopic (exact) mass is 187 g/mol. The fraction of sp³-hybridized carbons (Fsp3) is 0.875. The highest BCUT2D eigenvalue weighted by molar-refractivity contribution is 5.77. The molecule has 76 valence electrons. The average Bonchev–Trinajstić information content (AvgIpc) is 2.31. The predicted octanol–water partition coefficient (Wildman–Crippen LogP) is -1.18. The Morgan fingerprint density at radius 3 is 3.00 bits per heavy atom. The number of carbonyl (C=O) groups excluding carboxylic acids is 1. The van der Waals surface area contributed by atoms with Gasteiger partial charge in [0.2, 0.25) is 5.91 Å². The van der Waals surface area contributed by atoms with Crippen LogP contribution < -0.4 is 11.3 Å². The van der Waals surface area contributed by atoms with Crippen molar-refractivity contribution in [3.05, 3.63) is 0 Å². The van der Waals surface area contributed by atoms with E-state index in [0.29, 0.717) is 6.54 Å². The van der Waals surface area contributed by atoms with E-state index in [1.165, 1.54) is 0 Å². The number of likely N-dealkylation sites (tertiary alicyclic amines) is 1. The van der Waals surface area contributed by atoms with Crippen LogP contribution in [0.2, 0.25) is 0 Å². The number of aliphatic hydroxyl groups excluding tert-OH is 1. The molecule has 1 rings (SSSR count). The normalized spacial score (nSPS) is 25.2. The van der Waals surface area contributed by atoms with E-state index >= 15 is 0 Å². The van der Waals surface area contributed by atoms with Crippen LogP contribution in [-0.4, -0.2) is 41.7 Å². The van der Waals surface area contributed by atoms with Crippen LogP contribution >= 0.6 is 0 Å². The van der Waals surface area contributed by atoms with Gasteiger partial charge in [-0.3, -0.25) is 15.1 Å². The van der Waals surface area contributed by atoms with Gasteiger partial charge in [0.1, 0.15) is 0 Å². The van der Waals surface area contributed by atoms with Crippen LogP contribution in [0.1, 0.15) is 19.3 Å². The minimum atomic E-state index is -0.203. The second-order valence-corrected chi connectivity index (χ2v) is 3.43. The van der Waals surface area contributed by atoms with Crippen molar-refractivity contribution < 1.29 is 9.90 Å². The van der Waals surface area contributed by atoms with Crippen LogP contribution in [0.5, 0.6) is 0 Å². The van der Waals surface area contributed by atoms with Crippen molar-refractivity contribution in [1.82, 2.24) is 10.3 Å². The molecule has 0 aromatic rings. The predicted molar refractivity (Wildman–Crippen MR) is 48.6 cm³/mol. The van der Waals surface area contributed by atoms with Crippen LogP contribution in [0.15, 0.2) is 0 Å². The summed E-state index contributed by atoms with van der Waals surface area (Å²) in [4.78, 5) is 12.9. The molecule has 1 heterocycles. The number of hydrogen-bond acceptors (Lipinski definition) is 4. The van der Waals surface area contributed by atoms with Crippen molar-refractivity contribution in [2.45, 2.75) is 25.4 Å². The highest BCUT2D eigenvalue weighted by atomic mass is 16.3. The maximum atomic E-state index is 10.9. The number of carbonyl (C=O) groups is 1. The maximum absolute atomic E-state index is 10.9. The molecule has 1 saturated heterocycles. The summed E-state index contributed by atoms with van der Waals surface area (Å²) in [5, 5.41) is 9.35. The van der Waals surface area contributed by atoms with E-state index in [1.807, 2.05) is 4.90 Å². The van der Waals surface area contributed by atoms with Crippen molar-refractivity contribution in [1.29, 1.82) is 0 Å². The van der Waals surface area contributed by atoms with Gasteiger partial charge in [-0.05, 0) is 25.8 Å². The molecule has 4 N–H and O–H groups in total. The Kier molecular flexibility index (Phi) is 4.14. The molecule has 1 aliphatic heterocycles. The summed E-state index contributed by atoms with van der Waals surface area (Å²) >= 11 is 0. The molecule has 0 aromatic carbocycles. The first-order valence-corrected chi connectivity index (χ1v) is 4.62. The molecule has 1 amide bonds. The first-order valence-electron chi connectivity index (χ1n) is 4.62. The molecule has 1 aliphatic rings. The first-order chi connectivity index (χ1) is 6.22. The summed E-state index contributed by atoms with van der Waals surface area (Å²) in [6.45, 7) is 1.97. The SMILES string of the molecule is NNC(=O)CN1CCCC(O)CC1. The van der Waals surface area contributed by atoms with Gasteiger partial charge in [0, 0.05) is 6.54 Å². The van der Waals surface area contributed by atoms with E-state index in [0.717, 1.165) is 32.4 Å². The van der Waals surface area contributed by atoms with Crippen molar-refractivity contribution in [2.24, 2.45) is 5.84 Å². The quantitative estimate of drug-likeness (QED) is 0.289. The van der Waals surface area contributed by atoms with Gasteiger partial charge >= 0.3 is 0 Å². The summed E-state index contributed by atoms with van der Waals surface area (Å²) in [5.41, 5.74) is 2.10. The fourth-order valence-electron chi connectivity index (χ4n) is 1.55. The van der Waals surface area contributed by atoms with Gasteiger partial charge < -0.3 is 5.11 Å². The Morgan fingerprint density at radius 2 is 2.31 bits per heavy atom. The largest absolute Gasteiger partial charge is 0.393 e. The molecule has 0 aromatic heterocycles. The van der Waals surface area contributed by atoms with Gasteiger partial charge in [0.05, 0.1) is 12.6 Å². The number of rotatable bonds is 2. The highest BCUT2D eigenvalue weighted by Crippen LogP contribution is 2.09. The van der Waals surface area contributed by atoms with Gasteiger partial charge in [0.15, 0.2) is 0 Å². The lowest BCUT2D eigenvalue weighted by atomic mass is 10.2. The fourth-order valence-corrected chi connectivity index (χ4v) is 1.55. The number of aliphatic hydroxyl groups is 1. The second-order valence-electron chi connectivity index (χ2n) is 3.43. The molecular weight excluding hydrogens is 170 g/mol. The lowest BCUT2D eigenvalue weighted by Gasteiger charge is -2.17. The molecule has 0 radical (unpaired) electrons. The molecule has 1 unspecified atom stereocenters. The number of amides is 1. The van der Waals surface area contributed by atoms with E-state index < -0.39 is 0 Å². The molecule has 0 bridgehead atoms. The Morgan fingerprint density at radius 1 is 1.54 bits per heavy atom. The highest BCUT2D eigenvalue weighted by Gasteiger charge is 2.16. The van der Waals surface area contributed by atoms with E-state index in [-0.39, 0.29) is 12.0 Å². The number of hydrogen-bond donors (Lipinski definition) is 3. The second kappa shape index (κ2) is 5.16. The minimum Gasteiger partial charge on any atom is -0.393 e. The average molecular weight is 187 g/mol. The standard InChI is InChI=1S/C8H17N3O2/c9-10-8(13)6-11-4-1-2-7(12)3-5-11/h7,12H,1-6,9H2,(H,10,13). The molecule has 0 aliphatic carbocycles. The molecule has 5 nitrogen and oxygen atoms in total. The van der Waals surface area contributed by atoms with E-state index in [1.54, 1.807) is 0 Å². The third-order valence-electron chi connectivity index (χ3n) is 2.32. The van der Waals surface area contributed by atoms with Crippen molar-refractivity contribution in [3.63, 3.8) is 0 Å². The number of nitrogens with zero attached hydrogens (tertiary/aromatic N) is 1. The minimum absolute atomic E-state index is 0.170. The summed E-state index contributed by atoms with van der Waals surface area (Å²) in [6.07, 6.45) is 2.32. The van der Waals surface area contributed by atoms with Crippen molar-refractivity contribution in [2.75, 3.05) is 19.6 Å². The molecule has 1 atom stereocenters. The zero-order valence-corrected chi connectivity index (χ0v) is 7.70. The van der Waals surface area contributed by atoms with Gasteiger partial charge in [-0.1, -0.05) is 0 Å². The van der Waals surface area contributed by atoms with E-state index in [4.69, 9.17) is 5.84 Å². The van der Waals surface area contributed by atoms with Crippen LogP contribution in [0.25, 0.3) is 0 Å². The lowest BCUT2D eigenvalue weighted by molar-refractivity contribution is -0.122. The topological polar surface area (TPSA) is 78.6 Å². The Labute approximate surface area is 77.9 Å². The molecule has 0 spiro atoms. The Balaban J connectivity index is 2.29. The van der Waals surface area contributed by atoms with Gasteiger partial charge in [-0.15, -0.1) is 0 Å². The zero-order chi connectivity index (χ0) is 9.68. The number of hydrazine groups is 1. The van der Waals surface area contributed by atoms with E-state index in [2.05, 4.69) is 5.43 Å². The molecule has 13 heavy (non-hydrogen) atoms. The Bertz CT molecular complexity index is 175. The molecule has 0 saturated carbocycles. The van der Waals surface area contributed by atoms with Gasteiger partial charge in [-0.25, -0.2) is 5.84 Å². The molecular formula is C8H17N3O2.